The maximum Gasteiger partial charge on any atom is 0.416 e. The molecule has 0 saturated heterocycles. The predicted molar refractivity (Wildman–Crippen MR) is 107 cm³/mol. The van der Waals surface area contributed by atoms with Crippen molar-refractivity contribution in [2.75, 3.05) is 13.7 Å². The van der Waals surface area contributed by atoms with Crippen LogP contribution in [0.2, 0.25) is 5.02 Å². The Kier molecular flexibility index (Phi) is 7.57. The first-order valence-electron chi connectivity index (χ1n) is 8.09. The van der Waals surface area contributed by atoms with Crippen molar-refractivity contribution in [2.24, 2.45) is 5.16 Å². The Morgan fingerprint density at radius 1 is 1.27 bits per heavy atom. The predicted octanol–water partition coefficient (Wildman–Crippen LogP) is 5.77. The minimum Gasteiger partial charge on any atom is -0.478 e. The second-order valence-electron chi connectivity index (χ2n) is 5.76. The number of nitrogens with zero attached hydrogens (tertiary/aromatic N) is 2. The molecule has 2 aromatic carbocycles. The second-order valence-corrected chi connectivity index (χ2v) is 6.86. The van der Waals surface area contributed by atoms with Crippen LogP contribution < -0.4 is 4.74 Å². The van der Waals surface area contributed by atoms with Crippen LogP contribution in [0, 0.1) is 10.1 Å². The average molecular weight is 463 g/mol. The molecule has 7 nitrogen and oxygen atoms in total. The number of nitro benzene ring substituents is 1. The summed E-state index contributed by atoms with van der Waals surface area (Å²) in [7, 11) is 1.23. The number of ether oxygens (including phenoxy) is 2. The van der Waals surface area contributed by atoms with E-state index in [0.717, 1.165) is 18.2 Å². The SMILES string of the molecule is COC(=NOCC(C)=S)c1cc(Oc2ccc(C(F)(F)F)cc2Cl)ccc1[N+](=O)[O-]. The summed E-state index contributed by atoms with van der Waals surface area (Å²) >= 11 is 10.7. The Hall–Kier alpha value is -2.92. The van der Waals surface area contributed by atoms with E-state index in [-0.39, 0.29) is 40.3 Å². The summed E-state index contributed by atoms with van der Waals surface area (Å²) < 4.78 is 48.9. The monoisotopic (exact) mass is 462 g/mol. The molecule has 0 radical (unpaired) electrons. The minimum absolute atomic E-state index is 0.00660. The molecule has 0 aromatic heterocycles. The maximum atomic E-state index is 12.8. The van der Waals surface area contributed by atoms with Gasteiger partial charge in [0, 0.05) is 17.0 Å². The Labute approximate surface area is 179 Å². The van der Waals surface area contributed by atoms with Crippen molar-refractivity contribution < 1.29 is 32.4 Å². The van der Waals surface area contributed by atoms with E-state index in [1.165, 1.54) is 19.2 Å². The lowest BCUT2D eigenvalue weighted by Gasteiger charge is -2.12. The number of alkyl halides is 3. The number of nitro groups is 1. The number of benzene rings is 2. The first kappa shape index (κ1) is 23.4. The lowest BCUT2D eigenvalue weighted by molar-refractivity contribution is -0.385. The van der Waals surface area contributed by atoms with E-state index in [1.807, 2.05) is 0 Å². The Morgan fingerprint density at radius 2 is 1.97 bits per heavy atom. The standard InChI is InChI=1S/C18H14ClF3N2O5S/c1-10(30)9-28-23-17(27-2)13-8-12(4-5-15(13)24(25)26)29-16-6-3-11(7-14(16)19)18(20,21)22/h3-8H,9H2,1-2H3. The second kappa shape index (κ2) is 9.72. The Bertz CT molecular complexity index is 998. The van der Waals surface area contributed by atoms with Gasteiger partial charge >= 0.3 is 6.18 Å². The highest BCUT2D eigenvalue weighted by atomic mass is 35.5. The lowest BCUT2D eigenvalue weighted by Crippen LogP contribution is -2.10. The van der Waals surface area contributed by atoms with Gasteiger partial charge in [-0.25, -0.2) is 0 Å². The van der Waals surface area contributed by atoms with Gasteiger partial charge in [-0.2, -0.15) is 13.2 Å². The number of hydrogen-bond acceptors (Lipinski definition) is 7. The van der Waals surface area contributed by atoms with Crippen LogP contribution in [0.3, 0.4) is 0 Å². The highest BCUT2D eigenvalue weighted by molar-refractivity contribution is 7.80. The molecule has 0 fully saturated rings. The van der Waals surface area contributed by atoms with Crippen molar-refractivity contribution in [3.05, 3.63) is 62.7 Å². The van der Waals surface area contributed by atoms with Gasteiger partial charge in [0.2, 0.25) is 0 Å². The molecule has 0 unspecified atom stereocenters. The van der Waals surface area contributed by atoms with Gasteiger partial charge in [-0.05, 0) is 36.3 Å². The molecule has 30 heavy (non-hydrogen) atoms. The summed E-state index contributed by atoms with van der Waals surface area (Å²) in [6, 6.07) is 6.17. The first-order chi connectivity index (χ1) is 14.0. The van der Waals surface area contributed by atoms with Crippen molar-refractivity contribution in [3.63, 3.8) is 0 Å². The van der Waals surface area contributed by atoms with E-state index in [1.54, 1.807) is 6.92 Å². The van der Waals surface area contributed by atoms with Crippen LogP contribution in [-0.4, -0.2) is 29.4 Å². The molecular formula is C18H14ClF3N2O5S. The molecule has 0 aliphatic heterocycles. The maximum absolute atomic E-state index is 12.8. The molecule has 160 valence electrons. The van der Waals surface area contributed by atoms with Crippen LogP contribution in [0.15, 0.2) is 41.6 Å². The Morgan fingerprint density at radius 3 is 2.50 bits per heavy atom. The number of methoxy groups -OCH3 is 1. The lowest BCUT2D eigenvalue weighted by atomic mass is 10.1. The highest BCUT2D eigenvalue weighted by Crippen LogP contribution is 2.37. The molecule has 2 aromatic rings. The summed E-state index contributed by atoms with van der Waals surface area (Å²) in [4.78, 5) is 16.2. The fourth-order valence-electron chi connectivity index (χ4n) is 2.17. The number of halogens is 4. The molecule has 0 N–H and O–H groups in total. The third-order valence-electron chi connectivity index (χ3n) is 3.49. The van der Waals surface area contributed by atoms with Crippen LogP contribution in [0.25, 0.3) is 0 Å². The molecule has 0 heterocycles. The molecule has 0 amide bonds. The highest BCUT2D eigenvalue weighted by Gasteiger charge is 2.31. The summed E-state index contributed by atoms with van der Waals surface area (Å²) in [6.45, 7) is 1.62. The van der Waals surface area contributed by atoms with Crippen LogP contribution in [-0.2, 0) is 15.8 Å². The van der Waals surface area contributed by atoms with Crippen LogP contribution in [0.5, 0.6) is 11.5 Å². The van der Waals surface area contributed by atoms with E-state index in [0.29, 0.717) is 10.9 Å². The van der Waals surface area contributed by atoms with Crippen LogP contribution >= 0.6 is 23.8 Å². The van der Waals surface area contributed by atoms with Gasteiger partial charge in [0.15, 0.2) is 0 Å². The molecule has 0 aliphatic rings. The van der Waals surface area contributed by atoms with Gasteiger partial charge in [0.05, 0.1) is 22.6 Å². The van der Waals surface area contributed by atoms with Gasteiger partial charge in [-0.1, -0.05) is 23.8 Å². The molecule has 2 rings (SSSR count). The normalized spacial score (nSPS) is 11.7. The number of rotatable bonds is 7. The largest absolute Gasteiger partial charge is 0.478 e. The van der Waals surface area contributed by atoms with E-state index in [9.17, 15) is 23.3 Å². The molecule has 0 aliphatic carbocycles. The van der Waals surface area contributed by atoms with Crippen LogP contribution in [0.1, 0.15) is 18.1 Å². The zero-order valence-electron chi connectivity index (χ0n) is 15.5. The van der Waals surface area contributed by atoms with E-state index >= 15 is 0 Å². The van der Waals surface area contributed by atoms with Gasteiger partial charge < -0.3 is 14.3 Å². The van der Waals surface area contributed by atoms with Crippen LogP contribution in [0.4, 0.5) is 18.9 Å². The molecule has 0 bridgehead atoms. The van der Waals surface area contributed by atoms with E-state index in [2.05, 4.69) is 5.16 Å². The zero-order chi connectivity index (χ0) is 22.5. The summed E-state index contributed by atoms with van der Waals surface area (Å²) in [5, 5.41) is 14.8. The summed E-state index contributed by atoms with van der Waals surface area (Å²) in [5.41, 5.74) is -1.38. The number of oxime groups is 1. The fraction of sp³-hybridized carbons (Fsp3) is 0.222. The quantitative estimate of drug-likeness (QED) is 0.171. The summed E-state index contributed by atoms with van der Waals surface area (Å²) in [6.07, 6.45) is -4.56. The fourth-order valence-corrected chi connectivity index (χ4v) is 2.45. The van der Waals surface area contributed by atoms with Crippen molar-refractivity contribution in [1.82, 2.24) is 0 Å². The molecule has 12 heteroatoms. The van der Waals surface area contributed by atoms with Crippen molar-refractivity contribution in [3.8, 4) is 11.5 Å². The van der Waals surface area contributed by atoms with Gasteiger partial charge in [0.25, 0.3) is 11.6 Å². The number of hydrogen-bond donors (Lipinski definition) is 0. The first-order valence-corrected chi connectivity index (χ1v) is 8.88. The zero-order valence-corrected chi connectivity index (χ0v) is 17.1. The summed E-state index contributed by atoms with van der Waals surface area (Å²) in [5.74, 6) is -0.247. The molecule has 0 atom stereocenters. The topological polar surface area (TPSA) is 83.2 Å². The third-order valence-corrected chi connectivity index (χ3v) is 3.90. The van der Waals surface area contributed by atoms with Gasteiger partial charge in [0.1, 0.15) is 23.7 Å². The van der Waals surface area contributed by atoms with Crippen molar-refractivity contribution in [2.45, 2.75) is 13.1 Å². The van der Waals surface area contributed by atoms with Gasteiger partial charge in [-0.3, -0.25) is 10.1 Å². The average Bonchev–Trinajstić information content (AvgIpc) is 2.65. The van der Waals surface area contributed by atoms with E-state index < -0.39 is 16.7 Å². The number of thiocarbonyl (C=S) groups is 1. The molecule has 0 saturated carbocycles. The molecular weight excluding hydrogens is 449 g/mol. The van der Waals surface area contributed by atoms with E-state index in [4.69, 9.17) is 38.1 Å². The molecule has 0 spiro atoms. The van der Waals surface area contributed by atoms with Crippen molar-refractivity contribution >= 4 is 40.3 Å². The minimum atomic E-state index is -4.56. The Balaban J connectivity index is 2.40. The van der Waals surface area contributed by atoms with Gasteiger partial charge in [-0.15, -0.1) is 0 Å². The third kappa shape index (κ3) is 6.04. The van der Waals surface area contributed by atoms with Crippen molar-refractivity contribution in [1.29, 1.82) is 0 Å². The smallest absolute Gasteiger partial charge is 0.416 e.